The van der Waals surface area contributed by atoms with E-state index in [-0.39, 0.29) is 12.6 Å². The Labute approximate surface area is 101 Å². The van der Waals surface area contributed by atoms with Crippen molar-refractivity contribution in [1.82, 2.24) is 10.2 Å². The molecule has 88 valence electrons. The van der Waals surface area contributed by atoms with Gasteiger partial charge in [0.1, 0.15) is 0 Å². The van der Waals surface area contributed by atoms with Crippen LogP contribution in [0.2, 0.25) is 5.02 Å². The van der Waals surface area contributed by atoms with E-state index in [4.69, 9.17) is 11.6 Å². The Morgan fingerprint density at radius 1 is 1.44 bits per heavy atom. The van der Waals surface area contributed by atoms with Gasteiger partial charge in [0.25, 0.3) is 0 Å². The number of hydrogen-bond donors (Lipinski definition) is 2. The lowest BCUT2D eigenvalue weighted by molar-refractivity contribution is 0.0946. The number of benzene rings is 1. The van der Waals surface area contributed by atoms with Gasteiger partial charge in [0.2, 0.25) is 0 Å². The minimum atomic E-state index is 0.192. The van der Waals surface area contributed by atoms with Gasteiger partial charge in [0, 0.05) is 37.2 Å². The SMILES string of the molecule is OC[C@H]1CNCCN1Cc1ccccc1Cl. The number of rotatable bonds is 3. The summed E-state index contributed by atoms with van der Waals surface area (Å²) in [4.78, 5) is 2.28. The molecule has 1 aromatic carbocycles. The van der Waals surface area contributed by atoms with Crippen LogP contribution in [0.4, 0.5) is 0 Å². The number of piperazine rings is 1. The van der Waals surface area contributed by atoms with Crippen LogP contribution in [0.5, 0.6) is 0 Å². The molecule has 2 N–H and O–H groups in total. The van der Waals surface area contributed by atoms with Crippen LogP contribution in [-0.2, 0) is 6.54 Å². The van der Waals surface area contributed by atoms with Crippen LogP contribution < -0.4 is 5.32 Å². The molecule has 3 nitrogen and oxygen atoms in total. The monoisotopic (exact) mass is 240 g/mol. The van der Waals surface area contributed by atoms with Crippen molar-refractivity contribution >= 4 is 11.6 Å². The summed E-state index contributed by atoms with van der Waals surface area (Å²) >= 11 is 6.13. The molecule has 1 aromatic rings. The highest BCUT2D eigenvalue weighted by atomic mass is 35.5. The number of nitrogens with one attached hydrogen (secondary N) is 1. The first-order chi connectivity index (χ1) is 7.81. The molecule has 1 heterocycles. The lowest BCUT2D eigenvalue weighted by atomic mass is 10.1. The van der Waals surface area contributed by atoms with Gasteiger partial charge in [0.05, 0.1) is 6.61 Å². The first-order valence-corrected chi connectivity index (χ1v) is 5.98. The molecule has 1 aliphatic heterocycles. The average molecular weight is 241 g/mol. The van der Waals surface area contributed by atoms with Gasteiger partial charge >= 0.3 is 0 Å². The number of nitrogens with zero attached hydrogens (tertiary/aromatic N) is 1. The van der Waals surface area contributed by atoms with Gasteiger partial charge in [-0.2, -0.15) is 0 Å². The highest BCUT2D eigenvalue weighted by Crippen LogP contribution is 2.18. The molecule has 0 amide bonds. The van der Waals surface area contributed by atoms with E-state index in [0.717, 1.165) is 36.8 Å². The number of hydrogen-bond acceptors (Lipinski definition) is 3. The van der Waals surface area contributed by atoms with Crippen molar-refractivity contribution in [2.45, 2.75) is 12.6 Å². The molecule has 0 unspecified atom stereocenters. The van der Waals surface area contributed by atoms with Crippen molar-refractivity contribution in [1.29, 1.82) is 0 Å². The van der Waals surface area contributed by atoms with Gasteiger partial charge in [-0.25, -0.2) is 0 Å². The summed E-state index contributed by atoms with van der Waals surface area (Å²) in [7, 11) is 0. The molecule has 0 bridgehead atoms. The van der Waals surface area contributed by atoms with Crippen molar-refractivity contribution in [3.05, 3.63) is 34.9 Å². The van der Waals surface area contributed by atoms with Crippen LogP contribution in [0.15, 0.2) is 24.3 Å². The normalized spacial score (nSPS) is 22.2. The molecule has 0 aliphatic carbocycles. The summed E-state index contributed by atoms with van der Waals surface area (Å²) in [6, 6.07) is 8.08. The van der Waals surface area contributed by atoms with Gasteiger partial charge in [-0.05, 0) is 11.6 Å². The van der Waals surface area contributed by atoms with Gasteiger partial charge in [-0.3, -0.25) is 4.90 Å². The zero-order valence-electron chi connectivity index (χ0n) is 9.19. The fraction of sp³-hybridized carbons (Fsp3) is 0.500. The van der Waals surface area contributed by atoms with Crippen molar-refractivity contribution in [2.24, 2.45) is 0 Å². The molecule has 0 saturated carbocycles. The average Bonchev–Trinajstić information content (AvgIpc) is 2.33. The van der Waals surface area contributed by atoms with Crippen molar-refractivity contribution < 1.29 is 5.11 Å². The summed E-state index contributed by atoms with van der Waals surface area (Å²) in [6.45, 7) is 3.78. The Hall–Kier alpha value is -0.610. The predicted molar refractivity (Wildman–Crippen MR) is 65.6 cm³/mol. The topological polar surface area (TPSA) is 35.5 Å². The van der Waals surface area contributed by atoms with E-state index in [2.05, 4.69) is 10.2 Å². The van der Waals surface area contributed by atoms with E-state index in [9.17, 15) is 5.11 Å². The maximum atomic E-state index is 9.29. The fourth-order valence-corrected chi connectivity index (χ4v) is 2.23. The minimum Gasteiger partial charge on any atom is -0.395 e. The standard InChI is InChI=1S/C12H17ClN2O/c13-12-4-2-1-3-10(12)8-15-6-5-14-7-11(15)9-16/h1-4,11,14,16H,5-9H2/t11-/m1/s1. The van der Waals surface area contributed by atoms with Crippen LogP contribution >= 0.6 is 11.6 Å². The van der Waals surface area contributed by atoms with E-state index >= 15 is 0 Å². The Bertz CT molecular complexity index is 346. The highest BCUT2D eigenvalue weighted by Gasteiger charge is 2.21. The van der Waals surface area contributed by atoms with E-state index in [1.165, 1.54) is 0 Å². The molecule has 1 atom stereocenters. The number of aliphatic hydroxyl groups is 1. The summed E-state index contributed by atoms with van der Waals surface area (Å²) in [6.07, 6.45) is 0. The van der Waals surface area contributed by atoms with E-state index in [1.807, 2.05) is 24.3 Å². The number of halogens is 1. The molecular weight excluding hydrogens is 224 g/mol. The third-order valence-electron chi connectivity index (χ3n) is 3.01. The highest BCUT2D eigenvalue weighted by molar-refractivity contribution is 6.31. The van der Waals surface area contributed by atoms with Crippen LogP contribution in [0.1, 0.15) is 5.56 Å². The number of aliphatic hydroxyl groups excluding tert-OH is 1. The molecule has 1 fully saturated rings. The first-order valence-electron chi connectivity index (χ1n) is 5.60. The molecule has 16 heavy (non-hydrogen) atoms. The second-order valence-electron chi connectivity index (χ2n) is 4.10. The van der Waals surface area contributed by atoms with Crippen LogP contribution in [-0.4, -0.2) is 42.3 Å². The molecule has 4 heteroatoms. The molecular formula is C12H17ClN2O. The molecule has 1 aliphatic rings. The zero-order chi connectivity index (χ0) is 11.4. The fourth-order valence-electron chi connectivity index (χ4n) is 2.04. The van der Waals surface area contributed by atoms with Crippen molar-refractivity contribution in [2.75, 3.05) is 26.2 Å². The second kappa shape index (κ2) is 5.64. The van der Waals surface area contributed by atoms with Crippen molar-refractivity contribution in [3.63, 3.8) is 0 Å². The first kappa shape index (κ1) is 11.9. The van der Waals surface area contributed by atoms with Crippen molar-refractivity contribution in [3.8, 4) is 0 Å². The third-order valence-corrected chi connectivity index (χ3v) is 3.38. The zero-order valence-corrected chi connectivity index (χ0v) is 9.95. The Balaban J connectivity index is 2.05. The summed E-state index contributed by atoms with van der Waals surface area (Å²) in [5.74, 6) is 0. The Kier molecular flexibility index (Phi) is 4.18. The third kappa shape index (κ3) is 2.74. The molecule has 0 aromatic heterocycles. The summed E-state index contributed by atoms with van der Waals surface area (Å²) < 4.78 is 0. The van der Waals surface area contributed by atoms with Gasteiger partial charge in [-0.1, -0.05) is 29.8 Å². The van der Waals surface area contributed by atoms with Crippen LogP contribution in [0, 0.1) is 0 Å². The minimum absolute atomic E-state index is 0.192. The quantitative estimate of drug-likeness (QED) is 0.831. The predicted octanol–water partition coefficient (Wildman–Crippen LogP) is 1.11. The van der Waals surface area contributed by atoms with Gasteiger partial charge in [0.15, 0.2) is 0 Å². The molecule has 2 rings (SSSR count). The molecule has 0 spiro atoms. The van der Waals surface area contributed by atoms with E-state index in [1.54, 1.807) is 0 Å². The van der Waals surface area contributed by atoms with Gasteiger partial charge < -0.3 is 10.4 Å². The van der Waals surface area contributed by atoms with Gasteiger partial charge in [-0.15, -0.1) is 0 Å². The van der Waals surface area contributed by atoms with Crippen LogP contribution in [0.25, 0.3) is 0 Å². The smallest absolute Gasteiger partial charge is 0.0599 e. The second-order valence-corrected chi connectivity index (χ2v) is 4.51. The summed E-state index contributed by atoms with van der Waals surface area (Å²) in [5, 5.41) is 13.4. The summed E-state index contributed by atoms with van der Waals surface area (Å²) in [5.41, 5.74) is 1.13. The lowest BCUT2D eigenvalue weighted by Crippen LogP contribution is -2.52. The molecule has 1 saturated heterocycles. The molecule has 0 radical (unpaired) electrons. The Morgan fingerprint density at radius 3 is 3.00 bits per heavy atom. The lowest BCUT2D eigenvalue weighted by Gasteiger charge is -2.35. The largest absolute Gasteiger partial charge is 0.395 e. The Morgan fingerprint density at radius 2 is 2.25 bits per heavy atom. The maximum Gasteiger partial charge on any atom is 0.0599 e. The van der Waals surface area contributed by atoms with E-state index in [0.29, 0.717) is 0 Å². The van der Waals surface area contributed by atoms with Crippen LogP contribution in [0.3, 0.4) is 0 Å². The maximum absolute atomic E-state index is 9.29. The van der Waals surface area contributed by atoms with E-state index < -0.39 is 0 Å².